The number of rotatable bonds is 5. The average molecular weight is 381 g/mol. The van der Waals surface area contributed by atoms with Crippen molar-refractivity contribution in [3.05, 3.63) is 71.7 Å². The van der Waals surface area contributed by atoms with E-state index in [2.05, 4.69) is 27.2 Å². The smallest absolute Gasteiger partial charge is 0.360 e. The third-order valence-corrected chi connectivity index (χ3v) is 4.79. The normalized spacial score (nSPS) is 15.0. The first-order valence-corrected chi connectivity index (χ1v) is 9.08. The third-order valence-electron chi connectivity index (χ3n) is 4.79. The molecule has 0 atom stereocenters. The SMILES string of the molecule is O=C(O)c1nn(-c2ccccc2F)nc1N1CCN(Cc2ccccc2)CC1. The van der Waals surface area contributed by atoms with Crippen LogP contribution in [0.15, 0.2) is 54.6 Å². The summed E-state index contributed by atoms with van der Waals surface area (Å²) in [5.41, 5.74) is 1.20. The monoisotopic (exact) mass is 381 g/mol. The summed E-state index contributed by atoms with van der Waals surface area (Å²) in [5.74, 6) is -1.41. The zero-order valence-electron chi connectivity index (χ0n) is 15.2. The van der Waals surface area contributed by atoms with Gasteiger partial charge in [0.25, 0.3) is 0 Å². The number of piperazine rings is 1. The Morgan fingerprint density at radius 2 is 1.64 bits per heavy atom. The molecular weight excluding hydrogens is 361 g/mol. The Morgan fingerprint density at radius 1 is 0.964 bits per heavy atom. The zero-order chi connectivity index (χ0) is 19.5. The highest BCUT2D eigenvalue weighted by atomic mass is 19.1. The summed E-state index contributed by atoms with van der Waals surface area (Å²) in [6.45, 7) is 3.66. The quantitative estimate of drug-likeness (QED) is 0.732. The summed E-state index contributed by atoms with van der Waals surface area (Å²) in [6.07, 6.45) is 0. The van der Waals surface area contributed by atoms with Crippen LogP contribution in [-0.4, -0.2) is 57.1 Å². The van der Waals surface area contributed by atoms with Gasteiger partial charge in [-0.2, -0.15) is 0 Å². The standard InChI is InChI=1S/C20H20FN5O2/c21-16-8-4-5-9-17(16)26-22-18(20(27)28)19(23-26)25-12-10-24(11-13-25)14-15-6-2-1-3-7-15/h1-9H,10-14H2,(H,27,28). The molecule has 1 aliphatic rings. The molecule has 1 aromatic heterocycles. The molecule has 144 valence electrons. The van der Waals surface area contributed by atoms with Crippen molar-refractivity contribution in [3.8, 4) is 5.69 Å². The van der Waals surface area contributed by atoms with Crippen LogP contribution in [0.3, 0.4) is 0 Å². The topological polar surface area (TPSA) is 74.5 Å². The summed E-state index contributed by atoms with van der Waals surface area (Å²) in [6, 6.07) is 16.2. The van der Waals surface area contributed by atoms with E-state index < -0.39 is 11.8 Å². The van der Waals surface area contributed by atoms with Crippen LogP contribution in [0.25, 0.3) is 5.69 Å². The van der Waals surface area contributed by atoms with Crippen LogP contribution in [0.5, 0.6) is 0 Å². The molecule has 0 unspecified atom stereocenters. The molecule has 2 heterocycles. The van der Waals surface area contributed by atoms with Crippen molar-refractivity contribution in [2.75, 3.05) is 31.1 Å². The van der Waals surface area contributed by atoms with Crippen LogP contribution in [-0.2, 0) is 6.54 Å². The van der Waals surface area contributed by atoms with E-state index in [1.54, 1.807) is 12.1 Å². The highest BCUT2D eigenvalue weighted by molar-refractivity contribution is 5.91. The van der Waals surface area contributed by atoms with E-state index in [0.29, 0.717) is 13.1 Å². The fourth-order valence-electron chi connectivity index (χ4n) is 3.33. The maximum atomic E-state index is 14.0. The Kier molecular flexibility index (Phi) is 5.03. The van der Waals surface area contributed by atoms with Gasteiger partial charge in [0, 0.05) is 32.7 Å². The van der Waals surface area contributed by atoms with Crippen molar-refractivity contribution in [2.24, 2.45) is 0 Å². The maximum Gasteiger partial charge on any atom is 0.360 e. The summed E-state index contributed by atoms with van der Waals surface area (Å²) in [7, 11) is 0. The van der Waals surface area contributed by atoms with Crippen molar-refractivity contribution in [3.63, 3.8) is 0 Å². The molecule has 3 aromatic rings. The summed E-state index contributed by atoms with van der Waals surface area (Å²) < 4.78 is 14.0. The van der Waals surface area contributed by atoms with E-state index in [1.807, 2.05) is 23.1 Å². The van der Waals surface area contributed by atoms with Crippen LogP contribution < -0.4 is 4.90 Å². The van der Waals surface area contributed by atoms with Crippen LogP contribution >= 0.6 is 0 Å². The van der Waals surface area contributed by atoms with Gasteiger partial charge >= 0.3 is 5.97 Å². The van der Waals surface area contributed by atoms with E-state index in [4.69, 9.17) is 0 Å². The number of nitrogens with zero attached hydrogens (tertiary/aromatic N) is 5. The number of halogens is 1. The second-order valence-electron chi connectivity index (χ2n) is 6.67. The van der Waals surface area contributed by atoms with E-state index in [-0.39, 0.29) is 17.2 Å². The summed E-state index contributed by atoms with van der Waals surface area (Å²) in [4.78, 5) is 16.9. The molecule has 1 N–H and O–H groups in total. The minimum atomic E-state index is -1.18. The van der Waals surface area contributed by atoms with E-state index >= 15 is 0 Å². The minimum absolute atomic E-state index is 0.124. The first-order valence-electron chi connectivity index (χ1n) is 9.08. The molecular formula is C20H20FN5O2. The second kappa shape index (κ2) is 7.77. The van der Waals surface area contributed by atoms with Gasteiger partial charge in [0.15, 0.2) is 11.6 Å². The molecule has 1 saturated heterocycles. The lowest BCUT2D eigenvalue weighted by atomic mass is 10.2. The molecule has 0 bridgehead atoms. The van der Waals surface area contributed by atoms with Crippen molar-refractivity contribution >= 4 is 11.8 Å². The molecule has 1 aliphatic heterocycles. The third kappa shape index (κ3) is 3.72. The maximum absolute atomic E-state index is 14.0. The fourth-order valence-corrected chi connectivity index (χ4v) is 3.33. The fraction of sp³-hybridized carbons (Fsp3) is 0.250. The summed E-state index contributed by atoms with van der Waals surface area (Å²) >= 11 is 0. The van der Waals surface area contributed by atoms with Gasteiger partial charge in [-0.1, -0.05) is 42.5 Å². The van der Waals surface area contributed by atoms with Crippen molar-refractivity contribution in [2.45, 2.75) is 6.54 Å². The molecule has 2 aromatic carbocycles. The molecule has 1 fully saturated rings. The van der Waals surface area contributed by atoms with Crippen LogP contribution in [0, 0.1) is 5.82 Å². The van der Waals surface area contributed by atoms with Gasteiger partial charge in [-0.05, 0) is 17.7 Å². The molecule has 0 spiro atoms. The molecule has 0 aliphatic carbocycles. The molecule has 28 heavy (non-hydrogen) atoms. The van der Waals surface area contributed by atoms with Gasteiger partial charge < -0.3 is 10.0 Å². The first kappa shape index (κ1) is 18.1. The van der Waals surface area contributed by atoms with E-state index in [9.17, 15) is 14.3 Å². The predicted molar refractivity (Wildman–Crippen MR) is 102 cm³/mol. The highest BCUT2D eigenvalue weighted by Crippen LogP contribution is 2.21. The Morgan fingerprint density at radius 3 is 2.32 bits per heavy atom. The van der Waals surface area contributed by atoms with E-state index in [0.717, 1.165) is 24.4 Å². The number of hydrogen-bond acceptors (Lipinski definition) is 5. The minimum Gasteiger partial charge on any atom is -0.476 e. The van der Waals surface area contributed by atoms with Crippen molar-refractivity contribution < 1.29 is 14.3 Å². The average Bonchev–Trinajstić information content (AvgIpc) is 3.15. The lowest BCUT2D eigenvalue weighted by Gasteiger charge is -2.34. The van der Waals surface area contributed by atoms with Crippen molar-refractivity contribution in [1.29, 1.82) is 0 Å². The van der Waals surface area contributed by atoms with Crippen LogP contribution in [0.4, 0.5) is 10.2 Å². The largest absolute Gasteiger partial charge is 0.476 e. The second-order valence-corrected chi connectivity index (χ2v) is 6.67. The Labute approximate surface area is 161 Å². The number of hydrogen-bond donors (Lipinski definition) is 1. The Balaban J connectivity index is 1.52. The van der Waals surface area contributed by atoms with Gasteiger partial charge in [0.2, 0.25) is 5.69 Å². The molecule has 0 radical (unpaired) electrons. The van der Waals surface area contributed by atoms with Gasteiger partial charge in [-0.3, -0.25) is 4.90 Å². The number of carbonyl (C=O) groups is 1. The van der Waals surface area contributed by atoms with Crippen LogP contribution in [0.2, 0.25) is 0 Å². The molecule has 7 nitrogen and oxygen atoms in total. The number of aromatic carboxylic acids is 1. The Hall–Kier alpha value is -3.26. The molecule has 4 rings (SSSR count). The number of para-hydroxylation sites is 1. The van der Waals surface area contributed by atoms with E-state index in [1.165, 1.54) is 17.7 Å². The first-order chi connectivity index (χ1) is 13.6. The van der Waals surface area contributed by atoms with Gasteiger partial charge in [0.05, 0.1) is 0 Å². The number of carboxylic acids is 1. The number of benzene rings is 2. The number of aromatic nitrogens is 3. The van der Waals surface area contributed by atoms with Gasteiger partial charge in [0.1, 0.15) is 5.69 Å². The highest BCUT2D eigenvalue weighted by Gasteiger charge is 2.27. The lowest BCUT2D eigenvalue weighted by molar-refractivity contribution is 0.0690. The molecule has 8 heteroatoms. The van der Waals surface area contributed by atoms with Crippen LogP contribution in [0.1, 0.15) is 16.1 Å². The molecule has 0 amide bonds. The van der Waals surface area contributed by atoms with Gasteiger partial charge in [-0.25, -0.2) is 9.18 Å². The summed E-state index contributed by atoms with van der Waals surface area (Å²) in [5, 5.41) is 17.8. The Bertz CT molecular complexity index is 968. The zero-order valence-corrected chi connectivity index (χ0v) is 15.2. The van der Waals surface area contributed by atoms with Crippen molar-refractivity contribution in [1.82, 2.24) is 19.9 Å². The number of carboxylic acid groups (broad SMARTS) is 1. The lowest BCUT2D eigenvalue weighted by Crippen LogP contribution is -2.46. The number of anilines is 1. The molecule has 0 saturated carbocycles. The van der Waals surface area contributed by atoms with Gasteiger partial charge in [-0.15, -0.1) is 15.0 Å². The predicted octanol–water partition coefficient (Wildman–Crippen LogP) is 2.43.